The molecule has 0 aromatic rings. The van der Waals surface area contributed by atoms with Gasteiger partial charge in [0.2, 0.25) is 5.91 Å². The molecule has 2 fully saturated rings. The lowest BCUT2D eigenvalue weighted by atomic mass is 9.79. The summed E-state index contributed by atoms with van der Waals surface area (Å²) in [5.41, 5.74) is 5.68. The maximum Gasteiger partial charge on any atom is 0.393 e. The van der Waals surface area contributed by atoms with Crippen molar-refractivity contribution in [2.75, 3.05) is 0 Å². The maximum atomic E-state index is 13.0. The van der Waals surface area contributed by atoms with Crippen LogP contribution in [0.4, 0.5) is 13.2 Å². The lowest BCUT2D eigenvalue weighted by Gasteiger charge is -2.36. The van der Waals surface area contributed by atoms with Crippen molar-refractivity contribution in [1.29, 1.82) is 0 Å². The van der Waals surface area contributed by atoms with Gasteiger partial charge < -0.3 is 11.1 Å². The first-order valence-corrected chi connectivity index (χ1v) is 7.95. The Morgan fingerprint density at radius 1 is 1.10 bits per heavy atom. The zero-order chi connectivity index (χ0) is 15.5. The average Bonchev–Trinajstić information content (AvgIpc) is 2.38. The molecule has 2 rings (SSSR count). The first kappa shape index (κ1) is 16.6. The average molecular weight is 306 g/mol. The van der Waals surface area contributed by atoms with Gasteiger partial charge in [0.15, 0.2) is 0 Å². The SMILES string of the molecule is NC1(CC(=O)NC2CCCCC2C(F)(F)F)CCCCC1. The van der Waals surface area contributed by atoms with Gasteiger partial charge in [0.25, 0.3) is 0 Å². The third-order valence-corrected chi connectivity index (χ3v) is 4.89. The molecule has 2 aliphatic rings. The molecule has 3 N–H and O–H groups in total. The van der Waals surface area contributed by atoms with Gasteiger partial charge in [0.1, 0.15) is 0 Å². The molecule has 2 atom stereocenters. The number of rotatable bonds is 3. The van der Waals surface area contributed by atoms with Crippen molar-refractivity contribution in [3.05, 3.63) is 0 Å². The van der Waals surface area contributed by atoms with Crippen molar-refractivity contribution in [1.82, 2.24) is 5.32 Å². The Labute approximate surface area is 123 Å². The van der Waals surface area contributed by atoms with Crippen LogP contribution < -0.4 is 11.1 Å². The highest BCUT2D eigenvalue weighted by Crippen LogP contribution is 2.38. The van der Waals surface area contributed by atoms with Crippen molar-refractivity contribution in [2.45, 2.75) is 82.0 Å². The van der Waals surface area contributed by atoms with Crippen LogP contribution in [0.1, 0.15) is 64.2 Å². The van der Waals surface area contributed by atoms with Crippen LogP contribution in [0.2, 0.25) is 0 Å². The van der Waals surface area contributed by atoms with E-state index in [4.69, 9.17) is 5.73 Å². The second-order valence-electron chi connectivity index (χ2n) is 6.71. The number of hydrogen-bond acceptors (Lipinski definition) is 2. The summed E-state index contributed by atoms with van der Waals surface area (Å²) < 4.78 is 39.0. The number of hydrogen-bond donors (Lipinski definition) is 2. The minimum atomic E-state index is -4.23. The molecule has 0 spiro atoms. The Hall–Kier alpha value is -0.780. The lowest BCUT2D eigenvalue weighted by Crippen LogP contribution is -2.51. The summed E-state index contributed by atoms with van der Waals surface area (Å²) in [6, 6.07) is -0.779. The molecular weight excluding hydrogens is 281 g/mol. The third kappa shape index (κ3) is 4.59. The highest BCUT2D eigenvalue weighted by atomic mass is 19.4. The van der Waals surface area contributed by atoms with E-state index < -0.39 is 23.7 Å². The fraction of sp³-hybridized carbons (Fsp3) is 0.933. The van der Waals surface area contributed by atoms with Gasteiger partial charge in [-0.15, -0.1) is 0 Å². The van der Waals surface area contributed by atoms with Gasteiger partial charge in [0, 0.05) is 18.0 Å². The van der Waals surface area contributed by atoms with Crippen LogP contribution in [-0.4, -0.2) is 23.7 Å². The molecule has 21 heavy (non-hydrogen) atoms. The molecule has 0 aliphatic heterocycles. The van der Waals surface area contributed by atoms with E-state index in [9.17, 15) is 18.0 Å². The topological polar surface area (TPSA) is 55.1 Å². The van der Waals surface area contributed by atoms with Gasteiger partial charge in [-0.05, 0) is 25.7 Å². The summed E-state index contributed by atoms with van der Waals surface area (Å²) in [7, 11) is 0. The van der Waals surface area contributed by atoms with E-state index >= 15 is 0 Å². The first-order valence-electron chi connectivity index (χ1n) is 7.95. The summed E-state index contributed by atoms with van der Waals surface area (Å²) in [5.74, 6) is -1.73. The Morgan fingerprint density at radius 3 is 2.33 bits per heavy atom. The highest BCUT2D eigenvalue weighted by molar-refractivity contribution is 5.77. The molecule has 6 heteroatoms. The van der Waals surface area contributed by atoms with E-state index in [0.717, 1.165) is 38.5 Å². The molecule has 3 nitrogen and oxygen atoms in total. The number of nitrogens with two attached hydrogens (primary N) is 1. The van der Waals surface area contributed by atoms with Crippen molar-refractivity contribution in [2.24, 2.45) is 11.7 Å². The summed E-state index contributed by atoms with van der Waals surface area (Å²) in [4.78, 5) is 12.1. The Bertz CT molecular complexity index is 364. The van der Waals surface area contributed by atoms with Crippen molar-refractivity contribution in [3.63, 3.8) is 0 Å². The van der Waals surface area contributed by atoms with Crippen LogP contribution in [0.5, 0.6) is 0 Å². The fourth-order valence-electron chi connectivity index (χ4n) is 3.71. The van der Waals surface area contributed by atoms with Gasteiger partial charge in [-0.1, -0.05) is 32.1 Å². The standard InChI is InChI=1S/C15H25F3N2O/c16-15(17,18)11-6-2-3-7-12(11)20-13(21)10-14(19)8-4-1-5-9-14/h11-12H,1-10,19H2,(H,20,21). The lowest BCUT2D eigenvalue weighted by molar-refractivity contribution is -0.189. The number of amides is 1. The minimum Gasteiger partial charge on any atom is -0.353 e. The van der Waals surface area contributed by atoms with E-state index in [2.05, 4.69) is 5.32 Å². The molecule has 2 unspecified atom stereocenters. The number of halogens is 3. The molecule has 0 radical (unpaired) electrons. The minimum absolute atomic E-state index is 0.113. The molecule has 2 aliphatic carbocycles. The van der Waals surface area contributed by atoms with Crippen molar-refractivity contribution in [3.8, 4) is 0 Å². The summed E-state index contributed by atoms with van der Waals surface area (Å²) in [6.07, 6.45) is 2.45. The van der Waals surface area contributed by atoms with Gasteiger partial charge in [-0.25, -0.2) is 0 Å². The van der Waals surface area contributed by atoms with Crippen molar-refractivity contribution >= 4 is 5.91 Å². The number of alkyl halides is 3. The smallest absolute Gasteiger partial charge is 0.353 e. The second-order valence-corrected chi connectivity index (χ2v) is 6.71. The zero-order valence-corrected chi connectivity index (χ0v) is 12.3. The Balaban J connectivity index is 1.91. The predicted molar refractivity (Wildman–Crippen MR) is 74.6 cm³/mol. The van der Waals surface area contributed by atoms with Gasteiger partial charge >= 0.3 is 6.18 Å². The molecule has 0 aromatic heterocycles. The molecule has 2 saturated carbocycles. The summed E-state index contributed by atoms with van der Waals surface area (Å²) in [5, 5.41) is 2.61. The van der Waals surface area contributed by atoms with Crippen LogP contribution in [0, 0.1) is 5.92 Å². The first-order chi connectivity index (χ1) is 9.80. The highest BCUT2D eigenvalue weighted by Gasteiger charge is 2.46. The molecule has 122 valence electrons. The van der Waals surface area contributed by atoms with Gasteiger partial charge in [-0.3, -0.25) is 4.79 Å². The van der Waals surface area contributed by atoms with E-state index in [0.29, 0.717) is 12.8 Å². The van der Waals surface area contributed by atoms with Gasteiger partial charge in [-0.2, -0.15) is 13.2 Å². The van der Waals surface area contributed by atoms with Crippen LogP contribution in [0.25, 0.3) is 0 Å². The zero-order valence-electron chi connectivity index (χ0n) is 12.3. The summed E-state index contributed by atoms with van der Waals surface area (Å²) >= 11 is 0. The van der Waals surface area contributed by atoms with E-state index in [1.54, 1.807) is 0 Å². The van der Waals surface area contributed by atoms with E-state index in [1.807, 2.05) is 0 Å². The number of nitrogens with one attached hydrogen (secondary N) is 1. The second kappa shape index (κ2) is 6.55. The molecule has 0 heterocycles. The predicted octanol–water partition coefficient (Wildman–Crippen LogP) is 3.28. The van der Waals surface area contributed by atoms with E-state index in [-0.39, 0.29) is 18.7 Å². The van der Waals surface area contributed by atoms with Gasteiger partial charge in [0.05, 0.1) is 5.92 Å². The van der Waals surface area contributed by atoms with E-state index in [1.165, 1.54) is 0 Å². The van der Waals surface area contributed by atoms with Crippen LogP contribution in [-0.2, 0) is 4.79 Å². The normalized spacial score (nSPS) is 29.9. The van der Waals surface area contributed by atoms with Crippen molar-refractivity contribution < 1.29 is 18.0 Å². The quantitative estimate of drug-likeness (QED) is 0.841. The van der Waals surface area contributed by atoms with Crippen LogP contribution in [0.3, 0.4) is 0 Å². The molecule has 1 amide bonds. The largest absolute Gasteiger partial charge is 0.393 e. The monoisotopic (exact) mass is 306 g/mol. The molecule has 0 saturated heterocycles. The Morgan fingerprint density at radius 2 is 1.71 bits per heavy atom. The molecule has 0 bridgehead atoms. The fourth-order valence-corrected chi connectivity index (χ4v) is 3.71. The maximum absolute atomic E-state index is 13.0. The van der Waals surface area contributed by atoms with Crippen LogP contribution >= 0.6 is 0 Å². The summed E-state index contributed by atoms with van der Waals surface area (Å²) in [6.45, 7) is 0. The number of carbonyl (C=O) groups is 1. The van der Waals surface area contributed by atoms with Crippen LogP contribution in [0.15, 0.2) is 0 Å². The molecule has 0 aromatic carbocycles. The third-order valence-electron chi connectivity index (χ3n) is 4.89. The number of carbonyl (C=O) groups excluding carboxylic acids is 1. The Kier molecular flexibility index (Phi) is 5.17. The molecular formula is C15H25F3N2O.